The Labute approximate surface area is 122 Å². The van der Waals surface area contributed by atoms with Gasteiger partial charge in [-0.1, -0.05) is 11.6 Å². The Morgan fingerprint density at radius 2 is 2.21 bits per heavy atom. The molecule has 19 heavy (non-hydrogen) atoms. The van der Waals surface area contributed by atoms with Gasteiger partial charge in [-0.2, -0.15) is 8.78 Å². The van der Waals surface area contributed by atoms with Crippen LogP contribution in [0.3, 0.4) is 0 Å². The van der Waals surface area contributed by atoms with E-state index in [0.717, 1.165) is 0 Å². The first-order valence-corrected chi connectivity index (χ1v) is 6.55. The van der Waals surface area contributed by atoms with Crippen molar-refractivity contribution >= 4 is 39.1 Å². The van der Waals surface area contributed by atoms with Crippen molar-refractivity contribution in [2.75, 3.05) is 11.9 Å². The van der Waals surface area contributed by atoms with Crippen molar-refractivity contribution in [3.8, 4) is 5.75 Å². The van der Waals surface area contributed by atoms with E-state index in [1.54, 1.807) is 0 Å². The van der Waals surface area contributed by atoms with Crippen LogP contribution in [-0.4, -0.2) is 19.1 Å². The van der Waals surface area contributed by atoms with Gasteiger partial charge >= 0.3 is 6.61 Å². The van der Waals surface area contributed by atoms with Crippen LogP contribution in [-0.2, 0) is 4.79 Å². The summed E-state index contributed by atoms with van der Waals surface area (Å²) in [7, 11) is 0. The summed E-state index contributed by atoms with van der Waals surface area (Å²) in [5.74, 6) is -0.515. The van der Waals surface area contributed by atoms with Gasteiger partial charge in [-0.3, -0.25) is 4.79 Å². The van der Waals surface area contributed by atoms with E-state index in [9.17, 15) is 13.6 Å². The predicted octanol–water partition coefficient (Wildman–Crippen LogP) is 3.38. The largest absolute Gasteiger partial charge is 0.431 e. The van der Waals surface area contributed by atoms with Gasteiger partial charge in [0.25, 0.3) is 0 Å². The lowest BCUT2D eigenvalue weighted by Gasteiger charge is -2.14. The van der Waals surface area contributed by atoms with Gasteiger partial charge in [0.2, 0.25) is 5.91 Å². The molecule has 106 valence electrons. The molecule has 3 N–H and O–H groups in total. The highest BCUT2D eigenvalue weighted by Crippen LogP contribution is 2.37. The van der Waals surface area contributed by atoms with Gasteiger partial charge in [0.15, 0.2) is 5.75 Å². The highest BCUT2D eigenvalue weighted by Gasteiger charge is 2.16. The van der Waals surface area contributed by atoms with Crippen LogP contribution in [0.5, 0.6) is 5.75 Å². The summed E-state index contributed by atoms with van der Waals surface area (Å²) >= 11 is 8.86. The topological polar surface area (TPSA) is 64.4 Å². The molecule has 0 bridgehead atoms. The standard InChI is InChI=1S/C11H12BrClF2N2O2/c12-7-4-6(13)5-8(10(7)19-11(14)15)17-9(18)2-1-3-16/h4-5,11H,1-3,16H2,(H,17,18). The molecule has 0 aliphatic rings. The molecule has 0 saturated heterocycles. The zero-order chi connectivity index (χ0) is 14.4. The van der Waals surface area contributed by atoms with Crippen molar-refractivity contribution in [2.45, 2.75) is 19.5 Å². The van der Waals surface area contributed by atoms with Crippen LogP contribution in [0, 0.1) is 0 Å². The van der Waals surface area contributed by atoms with Gasteiger partial charge < -0.3 is 15.8 Å². The SMILES string of the molecule is NCCCC(=O)Nc1cc(Cl)cc(Br)c1OC(F)F. The lowest BCUT2D eigenvalue weighted by atomic mass is 10.2. The summed E-state index contributed by atoms with van der Waals surface area (Å²) in [6, 6.07) is 2.74. The molecule has 1 amide bonds. The third-order valence-corrected chi connectivity index (χ3v) is 2.90. The minimum atomic E-state index is -3.00. The average molecular weight is 358 g/mol. The molecule has 0 saturated carbocycles. The maximum absolute atomic E-state index is 12.3. The lowest BCUT2D eigenvalue weighted by Crippen LogP contribution is -2.15. The third-order valence-electron chi connectivity index (χ3n) is 2.10. The first kappa shape index (κ1) is 16.1. The van der Waals surface area contributed by atoms with Crippen LogP contribution in [0.4, 0.5) is 14.5 Å². The predicted molar refractivity (Wildman–Crippen MR) is 72.7 cm³/mol. The van der Waals surface area contributed by atoms with Crippen molar-refractivity contribution in [1.29, 1.82) is 0 Å². The molecule has 8 heteroatoms. The molecular weight excluding hydrogens is 345 g/mol. The smallest absolute Gasteiger partial charge is 0.387 e. The van der Waals surface area contributed by atoms with Gasteiger partial charge in [-0.05, 0) is 41.0 Å². The van der Waals surface area contributed by atoms with Gasteiger partial charge in [-0.25, -0.2) is 0 Å². The Hall–Kier alpha value is -0.920. The molecule has 1 aromatic carbocycles. The maximum atomic E-state index is 12.3. The van der Waals surface area contributed by atoms with Crippen LogP contribution >= 0.6 is 27.5 Å². The number of hydrogen-bond donors (Lipinski definition) is 2. The second kappa shape index (κ2) is 7.62. The van der Waals surface area contributed by atoms with Crippen molar-refractivity contribution in [3.63, 3.8) is 0 Å². The number of anilines is 1. The Bertz CT molecular complexity index is 461. The number of nitrogens with one attached hydrogen (secondary N) is 1. The molecule has 0 unspecified atom stereocenters. The molecule has 0 aromatic heterocycles. The van der Waals surface area contributed by atoms with E-state index in [1.165, 1.54) is 12.1 Å². The normalized spacial score (nSPS) is 10.6. The fourth-order valence-electron chi connectivity index (χ4n) is 1.34. The first-order valence-electron chi connectivity index (χ1n) is 5.37. The number of carbonyl (C=O) groups excluding carboxylic acids is 1. The zero-order valence-corrected chi connectivity index (χ0v) is 12.1. The Morgan fingerprint density at radius 3 is 2.79 bits per heavy atom. The number of hydrogen-bond acceptors (Lipinski definition) is 3. The monoisotopic (exact) mass is 356 g/mol. The van der Waals surface area contributed by atoms with Gasteiger partial charge in [0, 0.05) is 11.4 Å². The minimum Gasteiger partial charge on any atom is -0.431 e. The summed E-state index contributed by atoms with van der Waals surface area (Å²) < 4.78 is 29.2. The number of rotatable bonds is 6. The molecule has 4 nitrogen and oxygen atoms in total. The lowest BCUT2D eigenvalue weighted by molar-refractivity contribution is -0.116. The molecule has 0 atom stereocenters. The molecule has 1 rings (SSSR count). The number of halogens is 4. The molecule has 1 aromatic rings. The molecular formula is C11H12BrClF2N2O2. The molecule has 0 spiro atoms. The Kier molecular flexibility index (Phi) is 6.47. The van der Waals surface area contributed by atoms with Gasteiger partial charge in [-0.15, -0.1) is 0 Å². The van der Waals surface area contributed by atoms with Crippen molar-refractivity contribution in [1.82, 2.24) is 0 Å². The molecule has 0 radical (unpaired) electrons. The third kappa shape index (κ3) is 5.30. The zero-order valence-electron chi connectivity index (χ0n) is 9.76. The number of nitrogens with two attached hydrogens (primary N) is 1. The highest BCUT2D eigenvalue weighted by atomic mass is 79.9. The van der Waals surface area contributed by atoms with Crippen LogP contribution in [0.15, 0.2) is 16.6 Å². The van der Waals surface area contributed by atoms with E-state index < -0.39 is 6.61 Å². The van der Waals surface area contributed by atoms with E-state index in [4.69, 9.17) is 17.3 Å². The number of benzene rings is 1. The summed E-state index contributed by atoms with van der Waals surface area (Å²) in [5.41, 5.74) is 5.37. The second-order valence-corrected chi connectivity index (χ2v) is 4.87. The van der Waals surface area contributed by atoms with E-state index >= 15 is 0 Å². The summed E-state index contributed by atoms with van der Waals surface area (Å²) in [4.78, 5) is 11.6. The fraction of sp³-hybridized carbons (Fsp3) is 0.364. The number of alkyl halides is 2. The summed E-state index contributed by atoms with van der Waals surface area (Å²) in [5, 5.41) is 2.75. The molecule has 0 fully saturated rings. The van der Waals surface area contributed by atoms with Crippen molar-refractivity contribution in [3.05, 3.63) is 21.6 Å². The molecule has 0 heterocycles. The average Bonchev–Trinajstić information content (AvgIpc) is 2.30. The van der Waals surface area contributed by atoms with Crippen molar-refractivity contribution < 1.29 is 18.3 Å². The Morgan fingerprint density at radius 1 is 1.53 bits per heavy atom. The van der Waals surface area contributed by atoms with Gasteiger partial charge in [0.1, 0.15) is 0 Å². The molecule has 0 aliphatic carbocycles. The number of amides is 1. The van der Waals surface area contributed by atoms with Crippen LogP contribution < -0.4 is 15.8 Å². The summed E-state index contributed by atoms with van der Waals surface area (Å²) in [6.07, 6.45) is 0.688. The minimum absolute atomic E-state index is 0.0849. The first-order chi connectivity index (χ1) is 8.93. The van der Waals surface area contributed by atoms with Crippen LogP contribution in [0.1, 0.15) is 12.8 Å². The molecule has 0 aliphatic heterocycles. The van der Waals surface area contributed by atoms with Gasteiger partial charge in [0.05, 0.1) is 10.2 Å². The van der Waals surface area contributed by atoms with E-state index in [0.29, 0.717) is 13.0 Å². The van der Waals surface area contributed by atoms with E-state index in [1.807, 2.05) is 0 Å². The van der Waals surface area contributed by atoms with Crippen molar-refractivity contribution in [2.24, 2.45) is 5.73 Å². The number of ether oxygens (including phenoxy) is 1. The summed E-state index contributed by atoms with van der Waals surface area (Å²) in [6.45, 7) is -2.63. The quantitative estimate of drug-likeness (QED) is 0.820. The second-order valence-electron chi connectivity index (χ2n) is 3.58. The maximum Gasteiger partial charge on any atom is 0.387 e. The number of carbonyl (C=O) groups is 1. The van der Waals surface area contributed by atoms with Crippen LogP contribution in [0.2, 0.25) is 5.02 Å². The van der Waals surface area contributed by atoms with Crippen LogP contribution in [0.25, 0.3) is 0 Å². The fourth-order valence-corrected chi connectivity index (χ4v) is 2.24. The highest BCUT2D eigenvalue weighted by molar-refractivity contribution is 9.10. The van der Waals surface area contributed by atoms with E-state index in [2.05, 4.69) is 26.0 Å². The van der Waals surface area contributed by atoms with E-state index in [-0.39, 0.29) is 33.3 Å². The Balaban J connectivity index is 2.93.